The number of hydrogen-bond donors (Lipinski definition) is 2. The summed E-state index contributed by atoms with van der Waals surface area (Å²) in [6.45, 7) is 8.11. The SMILES string of the molecule is CCN(CC)c1cc2nc(-c3ccc(C)cc3)[nH]c2cc1NC(=O)C1CCCC1. The molecule has 5 heteroatoms. The van der Waals surface area contributed by atoms with Gasteiger partial charge in [0.05, 0.1) is 22.4 Å². The summed E-state index contributed by atoms with van der Waals surface area (Å²) < 4.78 is 0. The normalized spacial score (nSPS) is 14.4. The molecule has 0 atom stereocenters. The van der Waals surface area contributed by atoms with Gasteiger partial charge in [-0.25, -0.2) is 4.98 Å². The predicted octanol–water partition coefficient (Wildman–Crippen LogP) is 5.51. The third-order valence-corrected chi connectivity index (χ3v) is 6.01. The van der Waals surface area contributed by atoms with Crippen molar-refractivity contribution in [1.82, 2.24) is 9.97 Å². The molecule has 0 aliphatic heterocycles. The third kappa shape index (κ3) is 4.00. The van der Waals surface area contributed by atoms with Crippen molar-refractivity contribution >= 4 is 28.3 Å². The van der Waals surface area contributed by atoms with Crippen LogP contribution in [0, 0.1) is 12.8 Å². The largest absolute Gasteiger partial charge is 0.370 e. The predicted molar refractivity (Wildman–Crippen MR) is 120 cm³/mol. The monoisotopic (exact) mass is 390 g/mol. The van der Waals surface area contributed by atoms with Gasteiger partial charge in [-0.05, 0) is 45.7 Å². The summed E-state index contributed by atoms with van der Waals surface area (Å²) in [6.07, 6.45) is 4.30. The van der Waals surface area contributed by atoms with Gasteiger partial charge in [-0.1, -0.05) is 42.7 Å². The zero-order valence-corrected chi connectivity index (χ0v) is 17.6. The molecule has 1 heterocycles. The first-order valence-corrected chi connectivity index (χ1v) is 10.8. The van der Waals surface area contributed by atoms with Crippen LogP contribution in [0.5, 0.6) is 0 Å². The van der Waals surface area contributed by atoms with Crippen molar-refractivity contribution in [1.29, 1.82) is 0 Å². The number of carbonyl (C=O) groups is 1. The number of hydrogen-bond acceptors (Lipinski definition) is 3. The van der Waals surface area contributed by atoms with Crippen LogP contribution < -0.4 is 10.2 Å². The number of amides is 1. The summed E-state index contributed by atoms with van der Waals surface area (Å²) in [5.74, 6) is 1.14. The topological polar surface area (TPSA) is 61.0 Å². The number of anilines is 2. The maximum Gasteiger partial charge on any atom is 0.227 e. The van der Waals surface area contributed by atoms with Gasteiger partial charge < -0.3 is 15.2 Å². The summed E-state index contributed by atoms with van der Waals surface area (Å²) in [5, 5.41) is 3.22. The number of aromatic amines is 1. The van der Waals surface area contributed by atoms with Crippen molar-refractivity contribution in [3.63, 3.8) is 0 Å². The number of aromatic nitrogens is 2. The van der Waals surface area contributed by atoms with E-state index in [0.717, 1.165) is 72.6 Å². The van der Waals surface area contributed by atoms with Crippen LogP contribution in [-0.2, 0) is 4.79 Å². The molecule has 2 aromatic carbocycles. The molecule has 29 heavy (non-hydrogen) atoms. The van der Waals surface area contributed by atoms with Crippen molar-refractivity contribution < 1.29 is 4.79 Å². The molecular formula is C24H30N4O. The van der Waals surface area contributed by atoms with Crippen molar-refractivity contribution in [3.05, 3.63) is 42.0 Å². The molecule has 5 nitrogen and oxygen atoms in total. The molecule has 152 valence electrons. The minimum absolute atomic E-state index is 0.139. The molecule has 1 amide bonds. The number of aryl methyl sites for hydroxylation is 1. The van der Waals surface area contributed by atoms with E-state index >= 15 is 0 Å². The Balaban J connectivity index is 1.74. The number of H-pyrrole nitrogens is 1. The van der Waals surface area contributed by atoms with Gasteiger partial charge in [0.2, 0.25) is 5.91 Å². The molecule has 1 aliphatic rings. The number of nitrogens with zero attached hydrogens (tertiary/aromatic N) is 2. The number of imidazole rings is 1. The Morgan fingerprint density at radius 2 is 1.83 bits per heavy atom. The lowest BCUT2D eigenvalue weighted by atomic mass is 10.1. The lowest BCUT2D eigenvalue weighted by molar-refractivity contribution is -0.119. The first-order chi connectivity index (χ1) is 14.1. The van der Waals surface area contributed by atoms with Crippen molar-refractivity contribution in [2.24, 2.45) is 5.92 Å². The van der Waals surface area contributed by atoms with Gasteiger partial charge in [0, 0.05) is 24.6 Å². The first-order valence-electron chi connectivity index (χ1n) is 10.8. The molecule has 0 spiro atoms. The van der Waals surface area contributed by atoms with Gasteiger partial charge in [-0.2, -0.15) is 0 Å². The molecule has 3 aromatic rings. The molecule has 1 saturated carbocycles. The maximum absolute atomic E-state index is 12.8. The Labute approximate surface area is 172 Å². The number of nitrogens with one attached hydrogen (secondary N) is 2. The Hall–Kier alpha value is -2.82. The minimum atomic E-state index is 0.139. The quantitative estimate of drug-likeness (QED) is 0.583. The first kappa shape index (κ1) is 19.5. The highest BCUT2D eigenvalue weighted by Crippen LogP contribution is 2.34. The van der Waals surface area contributed by atoms with Crippen LogP contribution in [0.2, 0.25) is 0 Å². The minimum Gasteiger partial charge on any atom is -0.370 e. The van der Waals surface area contributed by atoms with Gasteiger partial charge in [-0.15, -0.1) is 0 Å². The Kier molecular flexibility index (Phi) is 5.56. The summed E-state index contributed by atoms with van der Waals surface area (Å²) in [4.78, 5) is 23.3. The van der Waals surface area contributed by atoms with Gasteiger partial charge in [0.1, 0.15) is 5.82 Å². The second kappa shape index (κ2) is 8.27. The lowest BCUT2D eigenvalue weighted by Crippen LogP contribution is -2.26. The van der Waals surface area contributed by atoms with Crippen LogP contribution >= 0.6 is 0 Å². The third-order valence-electron chi connectivity index (χ3n) is 6.01. The van der Waals surface area contributed by atoms with Crippen LogP contribution in [0.15, 0.2) is 36.4 Å². The molecule has 4 rings (SSSR count). The molecular weight excluding hydrogens is 360 g/mol. The van der Waals surface area contributed by atoms with Crippen LogP contribution in [-0.4, -0.2) is 29.0 Å². The Morgan fingerprint density at radius 1 is 1.14 bits per heavy atom. The van der Waals surface area contributed by atoms with Crippen LogP contribution in [0.25, 0.3) is 22.4 Å². The average molecular weight is 391 g/mol. The van der Waals surface area contributed by atoms with E-state index < -0.39 is 0 Å². The Morgan fingerprint density at radius 3 is 2.48 bits per heavy atom. The molecule has 1 fully saturated rings. The standard InChI is InChI=1S/C24H30N4O/c1-4-28(5-2)22-15-20-19(14-21(22)27-24(29)18-8-6-7-9-18)25-23(26-20)17-12-10-16(3)11-13-17/h10-15,18H,4-9H2,1-3H3,(H,25,26)(H,27,29). The zero-order chi connectivity index (χ0) is 20.4. The number of benzene rings is 2. The maximum atomic E-state index is 12.8. The fraction of sp³-hybridized carbons (Fsp3) is 0.417. The van der Waals surface area contributed by atoms with Gasteiger partial charge in [0.15, 0.2) is 0 Å². The molecule has 1 aromatic heterocycles. The van der Waals surface area contributed by atoms with Crippen molar-refractivity contribution in [2.75, 3.05) is 23.3 Å². The van der Waals surface area contributed by atoms with E-state index in [4.69, 9.17) is 4.98 Å². The summed E-state index contributed by atoms with van der Waals surface area (Å²) >= 11 is 0. The summed E-state index contributed by atoms with van der Waals surface area (Å²) in [7, 11) is 0. The second-order valence-electron chi connectivity index (χ2n) is 7.98. The molecule has 2 N–H and O–H groups in total. The molecule has 0 radical (unpaired) electrons. The highest BCUT2D eigenvalue weighted by molar-refractivity contribution is 5.99. The molecule has 0 unspecified atom stereocenters. The fourth-order valence-electron chi connectivity index (χ4n) is 4.24. The smallest absolute Gasteiger partial charge is 0.227 e. The van der Waals surface area contributed by atoms with E-state index in [1.807, 2.05) is 6.07 Å². The van der Waals surface area contributed by atoms with Gasteiger partial charge >= 0.3 is 0 Å². The average Bonchev–Trinajstić information content (AvgIpc) is 3.39. The van der Waals surface area contributed by atoms with Gasteiger partial charge in [0.25, 0.3) is 0 Å². The van der Waals surface area contributed by atoms with E-state index in [0.29, 0.717) is 0 Å². The number of fused-ring (bicyclic) bond motifs is 1. The van der Waals surface area contributed by atoms with Crippen LogP contribution in [0.1, 0.15) is 45.1 Å². The lowest BCUT2D eigenvalue weighted by Gasteiger charge is -2.25. The number of carbonyl (C=O) groups excluding carboxylic acids is 1. The van der Waals surface area contributed by atoms with Crippen molar-refractivity contribution in [3.8, 4) is 11.4 Å². The highest BCUT2D eigenvalue weighted by Gasteiger charge is 2.24. The van der Waals surface area contributed by atoms with E-state index in [1.54, 1.807) is 0 Å². The summed E-state index contributed by atoms with van der Waals surface area (Å²) in [5.41, 5.74) is 6.06. The summed E-state index contributed by atoms with van der Waals surface area (Å²) in [6, 6.07) is 12.5. The van der Waals surface area contributed by atoms with E-state index in [9.17, 15) is 4.79 Å². The molecule has 1 aliphatic carbocycles. The van der Waals surface area contributed by atoms with Crippen LogP contribution in [0.3, 0.4) is 0 Å². The molecule has 0 bridgehead atoms. The van der Waals surface area contributed by atoms with Crippen LogP contribution in [0.4, 0.5) is 11.4 Å². The second-order valence-corrected chi connectivity index (χ2v) is 7.98. The van der Waals surface area contributed by atoms with E-state index in [-0.39, 0.29) is 11.8 Å². The Bertz CT molecular complexity index is 996. The molecule has 0 saturated heterocycles. The van der Waals surface area contributed by atoms with Gasteiger partial charge in [-0.3, -0.25) is 4.79 Å². The van der Waals surface area contributed by atoms with E-state index in [1.165, 1.54) is 5.56 Å². The zero-order valence-electron chi connectivity index (χ0n) is 17.6. The number of rotatable bonds is 6. The van der Waals surface area contributed by atoms with E-state index in [2.05, 4.69) is 66.3 Å². The van der Waals surface area contributed by atoms with Crippen molar-refractivity contribution in [2.45, 2.75) is 46.5 Å². The fourth-order valence-corrected chi connectivity index (χ4v) is 4.24. The highest BCUT2D eigenvalue weighted by atomic mass is 16.1.